The van der Waals surface area contributed by atoms with Gasteiger partial charge < -0.3 is 19.8 Å². The van der Waals surface area contributed by atoms with Gasteiger partial charge >= 0.3 is 0 Å². The van der Waals surface area contributed by atoms with Gasteiger partial charge in [0.15, 0.2) is 5.96 Å². The van der Waals surface area contributed by atoms with E-state index in [9.17, 15) is 0 Å². The lowest BCUT2D eigenvalue weighted by Gasteiger charge is -2.12. The van der Waals surface area contributed by atoms with Crippen molar-refractivity contribution in [2.24, 2.45) is 4.99 Å². The van der Waals surface area contributed by atoms with Crippen molar-refractivity contribution in [3.8, 4) is 0 Å². The van der Waals surface area contributed by atoms with Gasteiger partial charge in [0.1, 0.15) is 5.76 Å². The van der Waals surface area contributed by atoms with Crippen LogP contribution in [-0.2, 0) is 17.7 Å². The summed E-state index contributed by atoms with van der Waals surface area (Å²) in [6.07, 6.45) is 10.7. The summed E-state index contributed by atoms with van der Waals surface area (Å²) in [5.74, 6) is 1.77. The highest BCUT2D eigenvalue weighted by atomic mass is 16.5. The van der Waals surface area contributed by atoms with Gasteiger partial charge in [-0.3, -0.25) is 4.68 Å². The van der Waals surface area contributed by atoms with Gasteiger partial charge in [0.25, 0.3) is 0 Å². The van der Waals surface area contributed by atoms with Crippen LogP contribution >= 0.6 is 0 Å². The third kappa shape index (κ3) is 6.71. The molecule has 154 valence electrons. The molecule has 1 fully saturated rings. The van der Waals surface area contributed by atoms with Crippen molar-refractivity contribution in [1.82, 2.24) is 20.4 Å². The largest absolute Gasteiger partial charge is 0.469 e. The fourth-order valence-electron chi connectivity index (χ4n) is 3.45. The summed E-state index contributed by atoms with van der Waals surface area (Å²) in [5.41, 5.74) is 1.01. The molecule has 0 saturated heterocycles. The predicted octanol–water partition coefficient (Wildman–Crippen LogP) is 3.30. The summed E-state index contributed by atoms with van der Waals surface area (Å²) in [6, 6.07) is 6.55. The molecule has 0 spiro atoms. The Bertz CT molecular complexity index is 689. The van der Waals surface area contributed by atoms with Gasteiger partial charge in [-0.1, -0.05) is 12.8 Å². The maximum atomic E-state index is 5.40. The number of hydrogen-bond donors (Lipinski definition) is 2. The molecule has 0 aliphatic heterocycles. The summed E-state index contributed by atoms with van der Waals surface area (Å²) >= 11 is 0. The average Bonchev–Trinajstić information content (AvgIpc) is 3.47. The second-order valence-electron chi connectivity index (χ2n) is 7.12. The normalized spacial score (nSPS) is 15.2. The number of aromatic nitrogens is 2. The number of nitrogens with one attached hydrogen (secondary N) is 2. The van der Waals surface area contributed by atoms with Gasteiger partial charge in [-0.15, -0.1) is 0 Å². The smallest absolute Gasteiger partial charge is 0.191 e. The zero-order valence-corrected chi connectivity index (χ0v) is 16.9. The summed E-state index contributed by atoms with van der Waals surface area (Å²) < 4.78 is 12.9. The van der Waals surface area contributed by atoms with Crippen molar-refractivity contribution in [3.63, 3.8) is 0 Å². The van der Waals surface area contributed by atoms with Crippen molar-refractivity contribution in [1.29, 1.82) is 0 Å². The van der Waals surface area contributed by atoms with Crippen LogP contribution in [0, 0.1) is 0 Å². The van der Waals surface area contributed by atoms with Crippen LogP contribution in [0.4, 0.5) is 0 Å². The number of guanidine groups is 1. The van der Waals surface area contributed by atoms with Gasteiger partial charge in [0.05, 0.1) is 24.5 Å². The van der Waals surface area contributed by atoms with Crippen LogP contribution in [-0.4, -0.2) is 42.0 Å². The van der Waals surface area contributed by atoms with Crippen LogP contribution in [0.1, 0.15) is 56.5 Å². The van der Waals surface area contributed by atoms with E-state index >= 15 is 0 Å². The Labute approximate surface area is 167 Å². The van der Waals surface area contributed by atoms with E-state index < -0.39 is 0 Å². The number of ether oxygens (including phenoxy) is 1. The molecule has 0 atom stereocenters. The fourth-order valence-corrected chi connectivity index (χ4v) is 3.45. The Morgan fingerprint density at radius 1 is 1.29 bits per heavy atom. The van der Waals surface area contributed by atoms with E-state index in [2.05, 4.69) is 27.6 Å². The Morgan fingerprint density at radius 3 is 2.93 bits per heavy atom. The van der Waals surface area contributed by atoms with Crippen LogP contribution in [0.25, 0.3) is 0 Å². The average molecular weight is 388 g/mol. The highest BCUT2D eigenvalue weighted by molar-refractivity contribution is 5.79. The van der Waals surface area contributed by atoms with Crippen molar-refractivity contribution < 1.29 is 9.15 Å². The molecule has 0 amide bonds. The van der Waals surface area contributed by atoms with Crippen molar-refractivity contribution in [3.05, 3.63) is 42.1 Å². The highest BCUT2D eigenvalue weighted by Gasteiger charge is 2.17. The third-order valence-corrected chi connectivity index (χ3v) is 4.97. The standard InChI is InChI=1S/C21H33N5O2/c1-2-27-15-6-12-22-21(23-13-10-20-9-5-16-28-20)24-17-18-11-14-26(25-18)19-7-3-4-8-19/h5,9,11,14,16,19H,2-4,6-8,10,12-13,15,17H2,1H3,(H2,22,23,24). The van der Waals surface area contributed by atoms with Crippen molar-refractivity contribution >= 4 is 5.96 Å². The monoisotopic (exact) mass is 387 g/mol. The van der Waals surface area contributed by atoms with Crippen LogP contribution < -0.4 is 10.6 Å². The van der Waals surface area contributed by atoms with Crippen LogP contribution in [0.5, 0.6) is 0 Å². The van der Waals surface area contributed by atoms with Gasteiger partial charge in [0, 0.05) is 38.9 Å². The molecule has 0 unspecified atom stereocenters. The highest BCUT2D eigenvalue weighted by Crippen LogP contribution is 2.28. The van der Waals surface area contributed by atoms with E-state index in [4.69, 9.17) is 19.2 Å². The molecule has 1 aliphatic carbocycles. The number of aliphatic imine (C=N–C) groups is 1. The SMILES string of the molecule is CCOCCCNC(=NCc1ccn(C2CCCC2)n1)NCCc1ccco1. The van der Waals surface area contributed by atoms with Crippen LogP contribution in [0.15, 0.2) is 40.1 Å². The molecule has 0 bridgehead atoms. The molecule has 2 N–H and O–H groups in total. The molecular formula is C21H33N5O2. The number of hydrogen-bond acceptors (Lipinski definition) is 4. The Kier molecular flexibility index (Phi) is 8.43. The Morgan fingerprint density at radius 2 is 2.14 bits per heavy atom. The minimum absolute atomic E-state index is 0.570. The number of rotatable bonds is 11. The predicted molar refractivity (Wildman–Crippen MR) is 110 cm³/mol. The maximum absolute atomic E-state index is 5.40. The lowest BCUT2D eigenvalue weighted by atomic mass is 10.3. The van der Waals surface area contributed by atoms with Crippen molar-refractivity contribution in [2.45, 2.75) is 58.0 Å². The van der Waals surface area contributed by atoms with Crippen LogP contribution in [0.2, 0.25) is 0 Å². The summed E-state index contributed by atoms with van der Waals surface area (Å²) in [4.78, 5) is 4.72. The quantitative estimate of drug-likeness (QED) is 0.351. The summed E-state index contributed by atoms with van der Waals surface area (Å²) in [5, 5.41) is 11.5. The molecule has 3 rings (SSSR count). The van der Waals surface area contributed by atoms with Gasteiger partial charge in [-0.2, -0.15) is 5.10 Å². The lowest BCUT2D eigenvalue weighted by molar-refractivity contribution is 0.145. The summed E-state index contributed by atoms with van der Waals surface area (Å²) in [7, 11) is 0. The zero-order valence-electron chi connectivity index (χ0n) is 16.9. The zero-order chi connectivity index (χ0) is 19.4. The molecule has 28 heavy (non-hydrogen) atoms. The van der Waals surface area contributed by atoms with E-state index in [0.29, 0.717) is 12.6 Å². The minimum Gasteiger partial charge on any atom is -0.469 e. The number of furan rings is 1. The second kappa shape index (κ2) is 11.5. The molecule has 2 heterocycles. The first-order valence-electron chi connectivity index (χ1n) is 10.5. The van der Waals surface area contributed by atoms with Crippen LogP contribution in [0.3, 0.4) is 0 Å². The molecule has 0 aromatic carbocycles. The fraction of sp³-hybridized carbons (Fsp3) is 0.619. The van der Waals surface area contributed by atoms with Crippen molar-refractivity contribution in [2.75, 3.05) is 26.3 Å². The van der Waals surface area contributed by atoms with Gasteiger partial charge in [0.2, 0.25) is 0 Å². The molecule has 0 radical (unpaired) electrons. The first kappa shape index (κ1) is 20.5. The molecule has 1 saturated carbocycles. The molecule has 2 aromatic rings. The summed E-state index contributed by atoms with van der Waals surface area (Å²) in [6.45, 7) is 5.69. The molecule has 2 aromatic heterocycles. The van der Waals surface area contributed by atoms with E-state index in [0.717, 1.165) is 56.6 Å². The Balaban J connectivity index is 1.49. The Hall–Kier alpha value is -2.28. The lowest BCUT2D eigenvalue weighted by Crippen LogP contribution is -2.39. The van der Waals surface area contributed by atoms with E-state index in [1.165, 1.54) is 25.7 Å². The van der Waals surface area contributed by atoms with Gasteiger partial charge in [-0.25, -0.2) is 4.99 Å². The topological polar surface area (TPSA) is 76.6 Å². The number of nitrogens with zero attached hydrogens (tertiary/aromatic N) is 3. The molecule has 7 heteroatoms. The first-order chi connectivity index (χ1) is 13.8. The van der Waals surface area contributed by atoms with E-state index in [-0.39, 0.29) is 0 Å². The van der Waals surface area contributed by atoms with E-state index in [1.54, 1.807) is 6.26 Å². The molecule has 1 aliphatic rings. The molecular weight excluding hydrogens is 354 g/mol. The van der Waals surface area contributed by atoms with Gasteiger partial charge in [-0.05, 0) is 44.4 Å². The van der Waals surface area contributed by atoms with E-state index in [1.807, 2.05) is 19.1 Å². The maximum Gasteiger partial charge on any atom is 0.191 e. The third-order valence-electron chi connectivity index (χ3n) is 4.97. The first-order valence-corrected chi connectivity index (χ1v) is 10.5. The molecule has 7 nitrogen and oxygen atoms in total. The second-order valence-corrected chi connectivity index (χ2v) is 7.12. The minimum atomic E-state index is 0.570.